The van der Waals surface area contributed by atoms with E-state index in [0.717, 1.165) is 35.7 Å². The van der Waals surface area contributed by atoms with Gasteiger partial charge in [0.2, 0.25) is 0 Å². The number of aliphatic hydroxyl groups is 1. The molecule has 0 aliphatic carbocycles. The maximum atomic E-state index is 13.0. The maximum absolute atomic E-state index is 13.0. The van der Waals surface area contributed by atoms with E-state index >= 15 is 0 Å². The summed E-state index contributed by atoms with van der Waals surface area (Å²) in [6.45, 7) is 10.1. The summed E-state index contributed by atoms with van der Waals surface area (Å²) in [5.74, 6) is 0.107. The summed E-state index contributed by atoms with van der Waals surface area (Å²) in [5.41, 5.74) is 5.16. The largest absolute Gasteiger partial charge is 0.395 e. The maximum Gasteiger partial charge on any atom is 0.255 e. The fourth-order valence-corrected chi connectivity index (χ4v) is 3.63. The van der Waals surface area contributed by atoms with Gasteiger partial charge < -0.3 is 14.6 Å². The minimum absolute atomic E-state index is 0.107. The molecule has 0 unspecified atom stereocenters. The monoisotopic (exact) mass is 341 g/mol. The first-order valence-electron chi connectivity index (χ1n) is 8.89. The number of hydrogen-bond donors (Lipinski definition) is 1. The highest BCUT2D eigenvalue weighted by Crippen LogP contribution is 2.23. The molecular weight excluding hydrogens is 314 g/mol. The number of amides is 1. The van der Waals surface area contributed by atoms with Crippen LogP contribution in [0.25, 0.3) is 5.69 Å². The van der Waals surface area contributed by atoms with Gasteiger partial charge in [-0.15, -0.1) is 0 Å². The highest BCUT2D eigenvalue weighted by atomic mass is 16.3. The van der Waals surface area contributed by atoms with Crippen LogP contribution in [0.1, 0.15) is 27.3 Å². The Labute approximate surface area is 149 Å². The van der Waals surface area contributed by atoms with Gasteiger partial charge in [0, 0.05) is 49.8 Å². The second kappa shape index (κ2) is 7.42. The molecular formula is C20H27N3O2. The third kappa shape index (κ3) is 3.62. The molecule has 0 bridgehead atoms. The van der Waals surface area contributed by atoms with Crippen LogP contribution in [0.5, 0.6) is 0 Å². The minimum Gasteiger partial charge on any atom is -0.395 e. The minimum atomic E-state index is 0.107. The zero-order valence-corrected chi connectivity index (χ0v) is 15.3. The molecule has 1 amide bonds. The summed E-state index contributed by atoms with van der Waals surface area (Å²) in [4.78, 5) is 17.1. The van der Waals surface area contributed by atoms with Crippen LogP contribution in [0.3, 0.4) is 0 Å². The third-order valence-corrected chi connectivity index (χ3v) is 5.00. The molecule has 2 heterocycles. The molecule has 2 aromatic rings. The van der Waals surface area contributed by atoms with E-state index in [9.17, 15) is 4.79 Å². The van der Waals surface area contributed by atoms with Crippen molar-refractivity contribution in [2.75, 3.05) is 39.3 Å². The number of aliphatic hydroxyl groups excluding tert-OH is 1. The number of aromatic nitrogens is 1. The molecule has 0 atom stereocenters. The van der Waals surface area contributed by atoms with Gasteiger partial charge in [0.05, 0.1) is 12.2 Å². The van der Waals surface area contributed by atoms with Crippen LogP contribution in [-0.2, 0) is 0 Å². The number of hydrogen-bond acceptors (Lipinski definition) is 3. The molecule has 1 aliphatic heterocycles. The predicted molar refractivity (Wildman–Crippen MR) is 99.4 cm³/mol. The summed E-state index contributed by atoms with van der Waals surface area (Å²) in [7, 11) is 0. The summed E-state index contributed by atoms with van der Waals surface area (Å²) < 4.78 is 2.16. The number of β-amino-alcohol motifs (C(OH)–C–C–N with tert-alkyl or cyclic N) is 1. The summed E-state index contributed by atoms with van der Waals surface area (Å²) in [6.07, 6.45) is 0. The predicted octanol–water partition coefficient (Wildman–Crippen LogP) is 2.15. The number of benzene rings is 1. The zero-order chi connectivity index (χ0) is 18.0. The standard InChI is InChI=1S/C20H27N3O2/c1-15-5-4-6-18(13-15)23-16(2)14-19(17(23)3)20(25)22-9-7-21(8-10-22)11-12-24/h4-6,13-14,24H,7-12H2,1-3H3. The molecule has 134 valence electrons. The van der Waals surface area contributed by atoms with Crippen molar-refractivity contribution in [1.29, 1.82) is 0 Å². The van der Waals surface area contributed by atoms with E-state index in [2.05, 4.69) is 34.6 Å². The van der Waals surface area contributed by atoms with Gasteiger partial charge in [-0.25, -0.2) is 0 Å². The van der Waals surface area contributed by atoms with Gasteiger partial charge in [0.1, 0.15) is 0 Å². The van der Waals surface area contributed by atoms with Gasteiger partial charge in [-0.05, 0) is 44.5 Å². The SMILES string of the molecule is Cc1cccc(-n2c(C)cc(C(=O)N3CCN(CCO)CC3)c2C)c1. The van der Waals surface area contributed by atoms with Crippen LogP contribution in [0, 0.1) is 20.8 Å². The van der Waals surface area contributed by atoms with E-state index in [4.69, 9.17) is 5.11 Å². The summed E-state index contributed by atoms with van der Waals surface area (Å²) >= 11 is 0. The van der Waals surface area contributed by atoms with Gasteiger partial charge in [0.15, 0.2) is 0 Å². The number of aryl methyl sites for hydroxylation is 2. The van der Waals surface area contributed by atoms with Crippen molar-refractivity contribution >= 4 is 5.91 Å². The smallest absolute Gasteiger partial charge is 0.255 e. The van der Waals surface area contributed by atoms with Gasteiger partial charge in [-0.1, -0.05) is 12.1 Å². The average molecular weight is 341 g/mol. The second-order valence-corrected chi connectivity index (χ2v) is 6.82. The Morgan fingerprint density at radius 1 is 1.08 bits per heavy atom. The van der Waals surface area contributed by atoms with Gasteiger partial charge >= 0.3 is 0 Å². The topological polar surface area (TPSA) is 48.7 Å². The molecule has 25 heavy (non-hydrogen) atoms. The molecule has 0 saturated carbocycles. The molecule has 1 N–H and O–H groups in total. The van der Waals surface area contributed by atoms with Crippen LogP contribution in [-0.4, -0.2) is 64.7 Å². The van der Waals surface area contributed by atoms with Crippen molar-refractivity contribution in [2.45, 2.75) is 20.8 Å². The molecule has 3 rings (SSSR count). The van der Waals surface area contributed by atoms with Gasteiger partial charge in [-0.2, -0.15) is 0 Å². The normalized spacial score (nSPS) is 15.6. The van der Waals surface area contributed by atoms with Crippen molar-refractivity contribution in [2.24, 2.45) is 0 Å². The lowest BCUT2D eigenvalue weighted by Gasteiger charge is -2.34. The Bertz CT molecular complexity index is 758. The highest BCUT2D eigenvalue weighted by Gasteiger charge is 2.25. The second-order valence-electron chi connectivity index (χ2n) is 6.82. The van der Waals surface area contributed by atoms with Crippen LogP contribution < -0.4 is 0 Å². The number of nitrogens with zero attached hydrogens (tertiary/aromatic N) is 3. The van der Waals surface area contributed by atoms with Crippen molar-refractivity contribution < 1.29 is 9.90 Å². The molecule has 1 aliphatic rings. The number of carbonyl (C=O) groups excluding carboxylic acids is 1. The van der Waals surface area contributed by atoms with Gasteiger partial charge in [0.25, 0.3) is 5.91 Å². The molecule has 0 spiro atoms. The molecule has 5 nitrogen and oxygen atoms in total. The Kier molecular flexibility index (Phi) is 5.25. The fraction of sp³-hybridized carbons (Fsp3) is 0.450. The molecule has 1 saturated heterocycles. The average Bonchev–Trinajstić information content (AvgIpc) is 2.90. The first-order chi connectivity index (χ1) is 12.0. The van der Waals surface area contributed by atoms with E-state index < -0.39 is 0 Å². The molecule has 5 heteroatoms. The summed E-state index contributed by atoms with van der Waals surface area (Å²) in [5, 5.41) is 9.04. The number of piperazine rings is 1. The van der Waals surface area contributed by atoms with E-state index in [0.29, 0.717) is 19.6 Å². The number of rotatable bonds is 4. The Morgan fingerprint density at radius 2 is 1.80 bits per heavy atom. The van der Waals surface area contributed by atoms with E-state index in [1.165, 1.54) is 5.56 Å². The van der Waals surface area contributed by atoms with Crippen molar-refractivity contribution in [3.63, 3.8) is 0 Å². The highest BCUT2D eigenvalue weighted by molar-refractivity contribution is 5.96. The Morgan fingerprint density at radius 3 is 2.44 bits per heavy atom. The van der Waals surface area contributed by atoms with Gasteiger partial charge in [-0.3, -0.25) is 9.69 Å². The third-order valence-electron chi connectivity index (χ3n) is 5.00. The van der Waals surface area contributed by atoms with E-state index in [-0.39, 0.29) is 12.5 Å². The lowest BCUT2D eigenvalue weighted by Crippen LogP contribution is -2.49. The van der Waals surface area contributed by atoms with Crippen LogP contribution in [0.4, 0.5) is 0 Å². The summed E-state index contributed by atoms with van der Waals surface area (Å²) in [6, 6.07) is 10.3. The van der Waals surface area contributed by atoms with Crippen molar-refractivity contribution in [3.8, 4) is 5.69 Å². The lowest BCUT2D eigenvalue weighted by molar-refractivity contribution is 0.0614. The van der Waals surface area contributed by atoms with Crippen molar-refractivity contribution in [1.82, 2.24) is 14.4 Å². The molecule has 1 aromatic carbocycles. The van der Waals surface area contributed by atoms with Crippen LogP contribution in [0.2, 0.25) is 0 Å². The van der Waals surface area contributed by atoms with Crippen molar-refractivity contribution in [3.05, 3.63) is 52.8 Å². The number of carbonyl (C=O) groups is 1. The Hall–Kier alpha value is -2.11. The molecule has 1 aromatic heterocycles. The Balaban J connectivity index is 1.82. The van der Waals surface area contributed by atoms with E-state index in [1.807, 2.05) is 30.9 Å². The lowest BCUT2D eigenvalue weighted by atomic mass is 10.2. The zero-order valence-electron chi connectivity index (χ0n) is 15.3. The van der Waals surface area contributed by atoms with E-state index in [1.54, 1.807) is 0 Å². The fourth-order valence-electron chi connectivity index (χ4n) is 3.63. The molecule has 0 radical (unpaired) electrons. The quantitative estimate of drug-likeness (QED) is 0.927. The first-order valence-corrected chi connectivity index (χ1v) is 8.89. The molecule has 1 fully saturated rings. The first kappa shape index (κ1) is 17.7. The van der Waals surface area contributed by atoms with Crippen LogP contribution >= 0.6 is 0 Å². The van der Waals surface area contributed by atoms with Crippen LogP contribution in [0.15, 0.2) is 30.3 Å².